The topological polar surface area (TPSA) is 70.0 Å². The number of benzene rings is 1. The van der Waals surface area contributed by atoms with Gasteiger partial charge in [0.25, 0.3) is 0 Å². The number of aryl methyl sites for hydroxylation is 1. The van der Waals surface area contributed by atoms with Crippen molar-refractivity contribution >= 4 is 31.6 Å². The number of nitrogens with zero attached hydrogens (tertiary/aromatic N) is 1. The third-order valence-electron chi connectivity index (χ3n) is 1.79. The Morgan fingerprint density at radius 1 is 1.56 bits per heavy atom. The lowest BCUT2D eigenvalue weighted by atomic mass is 10.2. The summed E-state index contributed by atoms with van der Waals surface area (Å²) in [5, 5.41) is 8.31. The number of rotatable bonds is 3. The number of sulfonamides is 1. The summed E-state index contributed by atoms with van der Waals surface area (Å²) in [7, 11) is -3.69. The van der Waals surface area contributed by atoms with Crippen LogP contribution in [0.25, 0.3) is 0 Å². The van der Waals surface area contributed by atoms with Gasteiger partial charge in [-0.05, 0) is 40.5 Å². The van der Waals surface area contributed by atoms with Crippen molar-refractivity contribution in [2.24, 2.45) is 0 Å². The molecule has 0 bridgehead atoms. The summed E-state index contributed by atoms with van der Waals surface area (Å²) in [5.74, 6) is -1.11. The molecular formula is C9H8BrFN2O2S. The summed E-state index contributed by atoms with van der Waals surface area (Å²) >= 11 is 2.95. The van der Waals surface area contributed by atoms with Crippen molar-refractivity contribution in [1.29, 1.82) is 5.26 Å². The van der Waals surface area contributed by atoms with Crippen molar-refractivity contribution in [3.8, 4) is 6.07 Å². The lowest BCUT2D eigenvalue weighted by Gasteiger charge is -2.09. The van der Waals surface area contributed by atoms with Gasteiger partial charge in [-0.15, -0.1) is 0 Å². The normalized spacial score (nSPS) is 10.9. The lowest BCUT2D eigenvalue weighted by molar-refractivity contribution is 0.603. The summed E-state index contributed by atoms with van der Waals surface area (Å²) in [6.07, 6.45) is 0. The third-order valence-corrected chi connectivity index (χ3v) is 3.44. The molecule has 0 saturated carbocycles. The van der Waals surface area contributed by atoms with E-state index in [2.05, 4.69) is 20.7 Å². The number of nitrogens with one attached hydrogen (secondary N) is 1. The first-order chi connectivity index (χ1) is 7.35. The molecule has 4 nitrogen and oxygen atoms in total. The average molecular weight is 307 g/mol. The quantitative estimate of drug-likeness (QED) is 0.930. The van der Waals surface area contributed by atoms with Crippen LogP contribution in [0.2, 0.25) is 0 Å². The van der Waals surface area contributed by atoms with Gasteiger partial charge in [0.2, 0.25) is 10.0 Å². The smallest absolute Gasteiger partial charge is 0.246 e. The molecule has 0 aliphatic heterocycles. The van der Waals surface area contributed by atoms with E-state index in [1.54, 1.807) is 6.92 Å². The minimum absolute atomic E-state index is 0.160. The summed E-state index contributed by atoms with van der Waals surface area (Å²) in [6.45, 7) is 1.57. The number of hydrogen-bond acceptors (Lipinski definition) is 3. The number of hydrogen-bond donors (Lipinski definition) is 1. The van der Waals surface area contributed by atoms with E-state index in [0.717, 1.165) is 0 Å². The minimum atomic E-state index is -3.69. The molecule has 0 amide bonds. The van der Waals surface area contributed by atoms with E-state index in [4.69, 9.17) is 5.26 Å². The molecule has 0 atom stereocenters. The fourth-order valence-corrected chi connectivity index (χ4v) is 2.19. The van der Waals surface area contributed by atoms with Crippen LogP contribution in [0, 0.1) is 24.1 Å². The second kappa shape index (κ2) is 4.80. The zero-order chi connectivity index (χ0) is 12.3. The lowest BCUT2D eigenvalue weighted by Crippen LogP contribution is -2.16. The molecule has 0 aromatic heterocycles. The van der Waals surface area contributed by atoms with E-state index in [1.807, 2.05) is 0 Å². The van der Waals surface area contributed by atoms with Crippen molar-refractivity contribution < 1.29 is 12.8 Å². The predicted octanol–water partition coefficient (Wildman–Crippen LogP) is 2.16. The SMILES string of the molecule is Cc1cc(F)c(Br)cc1NS(=O)(=O)CC#N. The Balaban J connectivity index is 3.08. The van der Waals surface area contributed by atoms with E-state index in [-0.39, 0.29) is 10.2 Å². The molecular weight excluding hydrogens is 299 g/mol. The van der Waals surface area contributed by atoms with Gasteiger partial charge in [0.05, 0.1) is 16.2 Å². The molecule has 1 aromatic carbocycles. The highest BCUT2D eigenvalue weighted by atomic mass is 79.9. The zero-order valence-corrected chi connectivity index (χ0v) is 10.7. The van der Waals surface area contributed by atoms with Gasteiger partial charge in [-0.1, -0.05) is 0 Å². The van der Waals surface area contributed by atoms with Gasteiger partial charge in [0.15, 0.2) is 5.75 Å². The third kappa shape index (κ3) is 3.18. The van der Waals surface area contributed by atoms with E-state index in [1.165, 1.54) is 18.2 Å². The Morgan fingerprint density at radius 3 is 2.75 bits per heavy atom. The molecule has 0 fully saturated rings. The van der Waals surface area contributed by atoms with Crippen LogP contribution < -0.4 is 4.72 Å². The van der Waals surface area contributed by atoms with Crippen LogP contribution in [0.5, 0.6) is 0 Å². The number of anilines is 1. The highest BCUT2D eigenvalue weighted by Crippen LogP contribution is 2.24. The van der Waals surface area contributed by atoms with Gasteiger partial charge in [-0.2, -0.15) is 5.26 Å². The van der Waals surface area contributed by atoms with Gasteiger partial charge >= 0.3 is 0 Å². The van der Waals surface area contributed by atoms with Crippen LogP contribution in [0.3, 0.4) is 0 Å². The second-order valence-electron chi connectivity index (χ2n) is 3.10. The molecule has 1 aromatic rings. The standard InChI is InChI=1S/C9H8BrFN2O2S/c1-6-4-8(11)7(10)5-9(6)13-16(14,15)3-2-12/h4-5,13H,3H2,1H3. The van der Waals surface area contributed by atoms with Gasteiger partial charge in [-0.25, -0.2) is 12.8 Å². The van der Waals surface area contributed by atoms with E-state index in [9.17, 15) is 12.8 Å². The fraction of sp³-hybridized carbons (Fsp3) is 0.222. The first kappa shape index (κ1) is 12.9. The zero-order valence-electron chi connectivity index (χ0n) is 8.29. The molecule has 0 radical (unpaired) electrons. The number of halogens is 2. The van der Waals surface area contributed by atoms with Gasteiger partial charge in [0.1, 0.15) is 5.82 Å². The first-order valence-corrected chi connectivity index (χ1v) is 6.63. The molecule has 7 heteroatoms. The van der Waals surface area contributed by atoms with E-state index < -0.39 is 21.6 Å². The van der Waals surface area contributed by atoms with Gasteiger partial charge < -0.3 is 0 Å². The molecule has 86 valence electrons. The van der Waals surface area contributed by atoms with E-state index >= 15 is 0 Å². The van der Waals surface area contributed by atoms with Crippen LogP contribution in [0.4, 0.5) is 10.1 Å². The Labute approximate surface area is 101 Å². The van der Waals surface area contributed by atoms with Crippen LogP contribution in [0.15, 0.2) is 16.6 Å². The maximum atomic E-state index is 13.1. The Hall–Kier alpha value is -1.13. The van der Waals surface area contributed by atoms with Crippen molar-refractivity contribution in [2.45, 2.75) is 6.92 Å². The highest BCUT2D eigenvalue weighted by molar-refractivity contribution is 9.10. The van der Waals surface area contributed by atoms with Gasteiger partial charge in [-0.3, -0.25) is 4.72 Å². The van der Waals surface area contributed by atoms with Crippen LogP contribution >= 0.6 is 15.9 Å². The highest BCUT2D eigenvalue weighted by Gasteiger charge is 2.12. The van der Waals surface area contributed by atoms with Gasteiger partial charge in [0, 0.05) is 0 Å². The minimum Gasteiger partial charge on any atom is -0.282 e. The van der Waals surface area contributed by atoms with Crippen LogP contribution in [0.1, 0.15) is 5.56 Å². The molecule has 16 heavy (non-hydrogen) atoms. The van der Waals surface area contributed by atoms with Crippen LogP contribution in [-0.2, 0) is 10.0 Å². The Bertz CT molecular complexity index is 551. The first-order valence-electron chi connectivity index (χ1n) is 4.19. The Kier molecular flexibility index (Phi) is 3.88. The summed E-state index contributed by atoms with van der Waals surface area (Å²) < 4.78 is 38.0. The molecule has 0 unspecified atom stereocenters. The summed E-state index contributed by atoms with van der Waals surface area (Å²) in [4.78, 5) is 0. The second-order valence-corrected chi connectivity index (χ2v) is 5.68. The summed E-state index contributed by atoms with van der Waals surface area (Å²) in [5.41, 5.74) is 0.700. The van der Waals surface area contributed by atoms with E-state index in [0.29, 0.717) is 5.56 Å². The van der Waals surface area contributed by atoms with Crippen molar-refractivity contribution in [3.05, 3.63) is 28.0 Å². The molecule has 0 saturated heterocycles. The summed E-state index contributed by atoms with van der Waals surface area (Å²) in [6, 6.07) is 4.06. The maximum absolute atomic E-state index is 13.1. The largest absolute Gasteiger partial charge is 0.282 e. The van der Waals surface area contributed by atoms with Crippen LogP contribution in [-0.4, -0.2) is 14.2 Å². The predicted molar refractivity (Wildman–Crippen MR) is 61.9 cm³/mol. The monoisotopic (exact) mass is 306 g/mol. The molecule has 0 aliphatic rings. The average Bonchev–Trinajstić information content (AvgIpc) is 2.13. The molecule has 0 heterocycles. The van der Waals surface area contributed by atoms with Crippen molar-refractivity contribution in [2.75, 3.05) is 10.5 Å². The number of nitriles is 1. The molecule has 1 N–H and O–H groups in total. The fourth-order valence-electron chi connectivity index (χ4n) is 1.04. The molecule has 1 rings (SSSR count). The maximum Gasteiger partial charge on any atom is 0.246 e. The molecule has 0 spiro atoms. The van der Waals surface area contributed by atoms with Crippen molar-refractivity contribution in [1.82, 2.24) is 0 Å². The molecule has 0 aliphatic carbocycles. The van der Waals surface area contributed by atoms with Crippen molar-refractivity contribution in [3.63, 3.8) is 0 Å². The Morgan fingerprint density at radius 2 is 2.19 bits per heavy atom.